The Kier molecular flexibility index (Phi) is 4.76. The fourth-order valence-corrected chi connectivity index (χ4v) is 3.52. The Hall–Kier alpha value is -1.30. The Balaban J connectivity index is 1.79. The van der Waals surface area contributed by atoms with Gasteiger partial charge in [-0.3, -0.25) is 4.79 Å². The Morgan fingerprint density at radius 1 is 1.14 bits per heavy atom. The van der Waals surface area contributed by atoms with Crippen molar-refractivity contribution in [2.75, 3.05) is 20.1 Å². The maximum Gasteiger partial charge on any atom is 0.317 e. The second kappa shape index (κ2) is 6.22. The number of rotatable bonds is 6. The van der Waals surface area contributed by atoms with Gasteiger partial charge in [-0.15, -0.1) is 0 Å². The average Bonchev–Trinajstić information content (AvgIpc) is 2.78. The van der Waals surface area contributed by atoms with Gasteiger partial charge in [-0.2, -0.15) is 0 Å². The normalized spacial score (nSPS) is 22.4. The van der Waals surface area contributed by atoms with Crippen LogP contribution in [-0.4, -0.2) is 52.9 Å². The van der Waals surface area contributed by atoms with Gasteiger partial charge < -0.3 is 20.4 Å². The summed E-state index contributed by atoms with van der Waals surface area (Å²) in [5.74, 6) is -0.808. The van der Waals surface area contributed by atoms with Gasteiger partial charge in [0.1, 0.15) is 0 Å². The lowest BCUT2D eigenvalue weighted by Gasteiger charge is -2.41. The maximum atomic E-state index is 12.1. The molecule has 2 amide bonds. The molecule has 6 nitrogen and oxygen atoms in total. The van der Waals surface area contributed by atoms with Crippen molar-refractivity contribution in [2.45, 2.75) is 57.0 Å². The van der Waals surface area contributed by atoms with Crippen LogP contribution in [0, 0.1) is 5.41 Å². The number of carbonyl (C=O) groups excluding carboxylic acids is 1. The summed E-state index contributed by atoms with van der Waals surface area (Å²) in [6, 6.07) is -0.230. The number of nitrogens with one attached hydrogen (secondary N) is 1. The minimum Gasteiger partial charge on any atom is -0.481 e. The first kappa shape index (κ1) is 16.1. The third-order valence-corrected chi connectivity index (χ3v) is 4.97. The van der Waals surface area contributed by atoms with Crippen molar-refractivity contribution in [3.63, 3.8) is 0 Å². The number of hydrogen-bond donors (Lipinski definition) is 3. The van der Waals surface area contributed by atoms with E-state index >= 15 is 0 Å². The summed E-state index contributed by atoms with van der Waals surface area (Å²) in [5.41, 5.74) is -1.02. The number of amides is 2. The first-order valence-corrected chi connectivity index (χ1v) is 7.77. The molecule has 0 spiro atoms. The average molecular weight is 298 g/mol. The number of hydrogen-bond acceptors (Lipinski definition) is 3. The highest BCUT2D eigenvalue weighted by atomic mass is 16.4. The quantitative estimate of drug-likeness (QED) is 0.694. The smallest absolute Gasteiger partial charge is 0.317 e. The topological polar surface area (TPSA) is 89.9 Å². The molecule has 0 atom stereocenters. The number of aliphatic hydroxyl groups is 1. The van der Waals surface area contributed by atoms with Crippen molar-refractivity contribution in [3.8, 4) is 0 Å². The fraction of sp³-hybridized carbons (Fsp3) is 0.867. The zero-order valence-corrected chi connectivity index (χ0v) is 12.7. The number of carbonyl (C=O) groups is 2. The molecule has 2 aliphatic rings. The van der Waals surface area contributed by atoms with Crippen LogP contribution in [0.4, 0.5) is 4.79 Å². The molecule has 2 aliphatic carbocycles. The number of aliphatic carboxylic acids is 1. The molecule has 6 heteroatoms. The van der Waals surface area contributed by atoms with Crippen LogP contribution in [0.15, 0.2) is 0 Å². The van der Waals surface area contributed by atoms with E-state index in [2.05, 4.69) is 5.32 Å². The molecule has 3 N–H and O–H groups in total. The summed E-state index contributed by atoms with van der Waals surface area (Å²) in [4.78, 5) is 24.5. The van der Waals surface area contributed by atoms with Crippen LogP contribution < -0.4 is 5.32 Å². The molecular formula is C15H26N2O4. The summed E-state index contributed by atoms with van der Waals surface area (Å²) >= 11 is 0. The van der Waals surface area contributed by atoms with E-state index in [-0.39, 0.29) is 17.9 Å². The van der Waals surface area contributed by atoms with Crippen LogP contribution in [0.5, 0.6) is 0 Å². The first-order valence-electron chi connectivity index (χ1n) is 7.77. The standard InChI is InChI=1S/C15H26N2O4/c1-17(11-15(21)7-2-3-8-15)13(20)16-10-14(5-4-6-14)9-12(18)19/h21H,2-11H2,1H3,(H,16,20)(H,18,19). The van der Waals surface area contributed by atoms with E-state index in [0.29, 0.717) is 13.1 Å². The second-order valence-corrected chi connectivity index (χ2v) is 6.87. The molecule has 0 saturated heterocycles. The Labute approximate surface area is 125 Å². The van der Waals surface area contributed by atoms with E-state index in [1.807, 2.05) is 0 Å². The number of carboxylic acid groups (broad SMARTS) is 1. The van der Waals surface area contributed by atoms with Crippen LogP contribution in [0.2, 0.25) is 0 Å². The molecule has 2 saturated carbocycles. The number of nitrogens with zero attached hydrogens (tertiary/aromatic N) is 1. The zero-order chi connectivity index (χ0) is 15.5. The molecule has 0 radical (unpaired) electrons. The lowest BCUT2D eigenvalue weighted by Crippen LogP contribution is -2.50. The highest BCUT2D eigenvalue weighted by Gasteiger charge is 2.40. The fourth-order valence-electron chi connectivity index (χ4n) is 3.52. The summed E-state index contributed by atoms with van der Waals surface area (Å²) in [7, 11) is 1.68. The molecule has 0 aromatic rings. The molecule has 2 rings (SSSR count). The van der Waals surface area contributed by atoms with Gasteiger partial charge in [-0.25, -0.2) is 4.79 Å². The van der Waals surface area contributed by atoms with E-state index < -0.39 is 11.6 Å². The van der Waals surface area contributed by atoms with E-state index in [1.54, 1.807) is 7.05 Å². The van der Waals surface area contributed by atoms with Gasteiger partial charge in [0, 0.05) is 13.6 Å². The van der Waals surface area contributed by atoms with E-state index in [9.17, 15) is 14.7 Å². The summed E-state index contributed by atoms with van der Waals surface area (Å²) in [6.07, 6.45) is 6.35. The molecule has 0 aromatic carbocycles. The molecule has 120 valence electrons. The van der Waals surface area contributed by atoms with Crippen molar-refractivity contribution >= 4 is 12.0 Å². The highest BCUT2D eigenvalue weighted by molar-refractivity contribution is 5.74. The second-order valence-electron chi connectivity index (χ2n) is 6.87. The molecule has 21 heavy (non-hydrogen) atoms. The van der Waals surface area contributed by atoms with E-state index in [1.165, 1.54) is 4.90 Å². The summed E-state index contributed by atoms with van der Waals surface area (Å²) < 4.78 is 0. The molecule has 0 unspecified atom stereocenters. The van der Waals surface area contributed by atoms with Crippen molar-refractivity contribution in [3.05, 3.63) is 0 Å². The van der Waals surface area contributed by atoms with Crippen molar-refractivity contribution in [1.29, 1.82) is 0 Å². The van der Waals surface area contributed by atoms with Crippen LogP contribution in [0.1, 0.15) is 51.4 Å². The zero-order valence-electron chi connectivity index (χ0n) is 12.7. The molecule has 2 fully saturated rings. The highest BCUT2D eigenvalue weighted by Crippen LogP contribution is 2.43. The van der Waals surface area contributed by atoms with Gasteiger partial charge in [0.2, 0.25) is 0 Å². The van der Waals surface area contributed by atoms with E-state index in [4.69, 9.17) is 5.11 Å². The van der Waals surface area contributed by atoms with Gasteiger partial charge in [0.15, 0.2) is 0 Å². The molecule has 0 bridgehead atoms. The van der Waals surface area contributed by atoms with Gasteiger partial charge >= 0.3 is 12.0 Å². The van der Waals surface area contributed by atoms with Gasteiger partial charge in [0.25, 0.3) is 0 Å². The predicted molar refractivity (Wildman–Crippen MR) is 78.0 cm³/mol. The number of carboxylic acids is 1. The van der Waals surface area contributed by atoms with Crippen molar-refractivity contribution in [2.24, 2.45) is 5.41 Å². The molecule has 0 aromatic heterocycles. The lowest BCUT2D eigenvalue weighted by molar-refractivity contribution is -0.141. The van der Waals surface area contributed by atoms with Crippen LogP contribution in [0.25, 0.3) is 0 Å². The SMILES string of the molecule is CN(CC1(O)CCCC1)C(=O)NCC1(CC(=O)O)CCC1. The van der Waals surface area contributed by atoms with Crippen molar-refractivity contribution < 1.29 is 19.8 Å². The Bertz CT molecular complexity index is 400. The minimum atomic E-state index is -0.808. The minimum absolute atomic E-state index is 0.112. The third-order valence-electron chi connectivity index (χ3n) is 4.97. The van der Waals surface area contributed by atoms with Crippen molar-refractivity contribution in [1.82, 2.24) is 10.2 Å². The van der Waals surface area contributed by atoms with Crippen LogP contribution in [-0.2, 0) is 4.79 Å². The molecule has 0 heterocycles. The predicted octanol–water partition coefficient (Wildman–Crippen LogP) is 1.58. The summed E-state index contributed by atoms with van der Waals surface area (Å²) in [5, 5.41) is 22.1. The van der Waals surface area contributed by atoms with Gasteiger partial charge in [-0.05, 0) is 31.1 Å². The lowest BCUT2D eigenvalue weighted by atomic mass is 9.66. The molecular weight excluding hydrogens is 272 g/mol. The Morgan fingerprint density at radius 3 is 2.24 bits per heavy atom. The summed E-state index contributed by atoms with van der Waals surface area (Å²) in [6.45, 7) is 0.742. The van der Waals surface area contributed by atoms with Crippen LogP contribution >= 0.6 is 0 Å². The monoisotopic (exact) mass is 298 g/mol. The molecule has 0 aliphatic heterocycles. The number of likely N-dealkylation sites (N-methyl/N-ethyl adjacent to an activating group) is 1. The van der Waals surface area contributed by atoms with Crippen LogP contribution in [0.3, 0.4) is 0 Å². The Morgan fingerprint density at radius 2 is 1.76 bits per heavy atom. The largest absolute Gasteiger partial charge is 0.481 e. The number of urea groups is 1. The third kappa shape index (κ3) is 4.09. The first-order chi connectivity index (χ1) is 9.84. The van der Waals surface area contributed by atoms with Gasteiger partial charge in [0.05, 0.1) is 18.6 Å². The maximum absolute atomic E-state index is 12.1. The van der Waals surface area contributed by atoms with E-state index in [0.717, 1.165) is 44.9 Å². The van der Waals surface area contributed by atoms with Gasteiger partial charge in [-0.1, -0.05) is 19.3 Å².